The summed E-state index contributed by atoms with van der Waals surface area (Å²) in [6, 6.07) is 31.1. The van der Waals surface area contributed by atoms with Crippen LogP contribution in [0.4, 0.5) is 11.4 Å². The SMILES string of the molecule is CCOc1ccccc1/C=C(\NC(=O)c1ccccc1)C(=O)Nc1ccc(SC(C)C(=O)Nc2ccc(C(C)C)cc2)cc1. The van der Waals surface area contributed by atoms with Crippen molar-refractivity contribution in [2.45, 2.75) is 43.8 Å². The molecule has 4 rings (SSSR count). The first-order chi connectivity index (χ1) is 21.2. The molecular formula is C36H37N3O4S. The fraction of sp³-hybridized carbons (Fsp3) is 0.194. The van der Waals surface area contributed by atoms with Gasteiger partial charge in [0.25, 0.3) is 11.8 Å². The lowest BCUT2D eigenvalue weighted by Gasteiger charge is -2.14. The maximum Gasteiger partial charge on any atom is 0.272 e. The molecule has 0 saturated carbocycles. The Bertz CT molecular complexity index is 1600. The molecule has 0 bridgehead atoms. The number of rotatable bonds is 12. The summed E-state index contributed by atoms with van der Waals surface area (Å²) < 4.78 is 5.71. The predicted molar refractivity (Wildman–Crippen MR) is 179 cm³/mol. The van der Waals surface area contributed by atoms with Gasteiger partial charge in [-0.3, -0.25) is 14.4 Å². The number of hydrogen-bond acceptors (Lipinski definition) is 5. The highest BCUT2D eigenvalue weighted by molar-refractivity contribution is 8.00. The minimum atomic E-state index is -0.489. The molecule has 3 N–H and O–H groups in total. The highest BCUT2D eigenvalue weighted by atomic mass is 32.2. The summed E-state index contributed by atoms with van der Waals surface area (Å²) in [7, 11) is 0. The molecule has 1 atom stereocenters. The molecule has 0 aromatic heterocycles. The number of ether oxygens (including phenoxy) is 1. The first-order valence-corrected chi connectivity index (χ1v) is 15.4. The summed E-state index contributed by atoms with van der Waals surface area (Å²) >= 11 is 1.42. The quantitative estimate of drug-likeness (QED) is 0.113. The lowest BCUT2D eigenvalue weighted by Crippen LogP contribution is -2.30. The van der Waals surface area contributed by atoms with E-state index in [4.69, 9.17) is 4.74 Å². The van der Waals surface area contributed by atoms with Crippen molar-refractivity contribution in [3.8, 4) is 5.75 Å². The molecule has 0 fully saturated rings. The van der Waals surface area contributed by atoms with E-state index >= 15 is 0 Å². The molecule has 0 radical (unpaired) electrons. The molecule has 226 valence electrons. The number of hydrogen-bond donors (Lipinski definition) is 3. The van der Waals surface area contributed by atoms with E-state index in [0.29, 0.717) is 35.1 Å². The molecule has 0 aliphatic rings. The maximum atomic E-state index is 13.4. The molecule has 0 aliphatic carbocycles. The lowest BCUT2D eigenvalue weighted by molar-refractivity contribution is -0.115. The first kappa shape index (κ1) is 32.1. The number of carbonyl (C=O) groups is 3. The van der Waals surface area contributed by atoms with Crippen molar-refractivity contribution >= 4 is 46.9 Å². The average Bonchev–Trinajstić information content (AvgIpc) is 3.03. The highest BCUT2D eigenvalue weighted by Crippen LogP contribution is 2.27. The summed E-state index contributed by atoms with van der Waals surface area (Å²) in [5.74, 6) is 0.0325. The van der Waals surface area contributed by atoms with Crippen molar-refractivity contribution in [1.29, 1.82) is 0 Å². The van der Waals surface area contributed by atoms with E-state index in [9.17, 15) is 14.4 Å². The van der Waals surface area contributed by atoms with Crippen LogP contribution in [0, 0.1) is 0 Å². The Morgan fingerprint density at radius 2 is 1.39 bits per heavy atom. The van der Waals surface area contributed by atoms with Crippen LogP contribution in [-0.4, -0.2) is 29.6 Å². The second-order valence-corrected chi connectivity index (χ2v) is 11.8. The normalized spacial score (nSPS) is 11.9. The van der Waals surface area contributed by atoms with Gasteiger partial charge in [0.15, 0.2) is 0 Å². The van der Waals surface area contributed by atoms with Gasteiger partial charge in [-0.2, -0.15) is 0 Å². The van der Waals surface area contributed by atoms with Crippen LogP contribution < -0.4 is 20.7 Å². The Morgan fingerprint density at radius 3 is 2.05 bits per heavy atom. The van der Waals surface area contributed by atoms with Gasteiger partial charge in [-0.05, 0) is 86.0 Å². The standard InChI is InChI=1S/C36H37N3O4S/c1-5-43-33-14-10-9-13-28(33)23-32(39-35(41)27-11-7-6-8-12-27)36(42)38-30-19-21-31(22-20-30)44-25(4)34(40)37-29-17-15-26(16-18-29)24(2)3/h6-25H,5H2,1-4H3,(H,37,40)(H,38,42)(H,39,41)/b32-23-. The minimum Gasteiger partial charge on any atom is -0.493 e. The van der Waals surface area contributed by atoms with Crippen LogP contribution in [0.5, 0.6) is 5.75 Å². The Hall–Kier alpha value is -4.82. The molecule has 4 aromatic carbocycles. The first-order valence-electron chi connectivity index (χ1n) is 14.5. The summed E-state index contributed by atoms with van der Waals surface area (Å²) in [4.78, 5) is 40.1. The summed E-state index contributed by atoms with van der Waals surface area (Å²) in [6.07, 6.45) is 1.60. The van der Waals surface area contributed by atoms with Crippen molar-refractivity contribution in [3.05, 3.63) is 126 Å². The number of benzene rings is 4. The third kappa shape index (κ3) is 9.09. The van der Waals surface area contributed by atoms with E-state index in [1.54, 1.807) is 42.5 Å². The molecule has 0 aliphatic heterocycles. The fourth-order valence-corrected chi connectivity index (χ4v) is 5.12. The van der Waals surface area contributed by atoms with Gasteiger partial charge in [-0.15, -0.1) is 11.8 Å². The molecule has 7 nitrogen and oxygen atoms in total. The lowest BCUT2D eigenvalue weighted by atomic mass is 10.0. The van der Waals surface area contributed by atoms with Gasteiger partial charge in [0, 0.05) is 27.4 Å². The third-order valence-corrected chi connectivity index (χ3v) is 7.80. The van der Waals surface area contributed by atoms with Crippen molar-refractivity contribution in [1.82, 2.24) is 5.32 Å². The Kier molecular flexibility index (Phi) is 11.4. The molecular weight excluding hydrogens is 570 g/mol. The zero-order chi connectivity index (χ0) is 31.5. The Morgan fingerprint density at radius 1 is 0.773 bits per heavy atom. The van der Waals surface area contributed by atoms with E-state index in [0.717, 1.165) is 10.6 Å². The van der Waals surface area contributed by atoms with Gasteiger partial charge < -0.3 is 20.7 Å². The van der Waals surface area contributed by atoms with Gasteiger partial charge in [0.05, 0.1) is 11.9 Å². The van der Waals surface area contributed by atoms with E-state index < -0.39 is 11.8 Å². The van der Waals surface area contributed by atoms with E-state index in [2.05, 4.69) is 29.8 Å². The maximum absolute atomic E-state index is 13.4. The monoisotopic (exact) mass is 607 g/mol. The summed E-state index contributed by atoms with van der Waals surface area (Å²) in [5.41, 5.74) is 3.67. The zero-order valence-electron chi connectivity index (χ0n) is 25.3. The zero-order valence-corrected chi connectivity index (χ0v) is 26.1. The molecule has 0 spiro atoms. The number of amides is 3. The van der Waals surface area contributed by atoms with Crippen LogP contribution in [0.3, 0.4) is 0 Å². The Balaban J connectivity index is 1.44. The topological polar surface area (TPSA) is 96.5 Å². The van der Waals surface area contributed by atoms with Gasteiger partial charge in [-0.25, -0.2) is 0 Å². The van der Waals surface area contributed by atoms with Crippen LogP contribution >= 0.6 is 11.8 Å². The third-order valence-electron chi connectivity index (χ3n) is 6.69. The van der Waals surface area contributed by atoms with E-state index in [1.165, 1.54) is 17.3 Å². The smallest absolute Gasteiger partial charge is 0.272 e. The minimum absolute atomic E-state index is 0.0659. The summed E-state index contributed by atoms with van der Waals surface area (Å²) in [6.45, 7) is 8.45. The van der Waals surface area contributed by atoms with E-state index in [-0.39, 0.29) is 16.9 Å². The summed E-state index contributed by atoms with van der Waals surface area (Å²) in [5, 5.41) is 8.25. The molecule has 8 heteroatoms. The van der Waals surface area contributed by atoms with Crippen LogP contribution in [0.1, 0.15) is 55.1 Å². The van der Waals surface area contributed by atoms with Crippen molar-refractivity contribution in [2.24, 2.45) is 0 Å². The van der Waals surface area contributed by atoms with E-state index in [1.807, 2.05) is 80.6 Å². The number of para-hydroxylation sites is 1. The molecule has 44 heavy (non-hydrogen) atoms. The number of carbonyl (C=O) groups excluding carboxylic acids is 3. The van der Waals surface area contributed by atoms with Crippen LogP contribution in [0.15, 0.2) is 114 Å². The second kappa shape index (κ2) is 15.6. The Labute approximate surface area is 263 Å². The van der Waals surface area contributed by atoms with Crippen molar-refractivity contribution in [3.63, 3.8) is 0 Å². The van der Waals surface area contributed by atoms with Gasteiger partial charge in [0.2, 0.25) is 5.91 Å². The number of thioether (sulfide) groups is 1. The predicted octanol–water partition coefficient (Wildman–Crippen LogP) is 7.74. The molecule has 0 saturated heterocycles. The largest absolute Gasteiger partial charge is 0.493 e. The second-order valence-electron chi connectivity index (χ2n) is 10.4. The molecule has 3 amide bonds. The molecule has 0 heterocycles. The molecule has 4 aromatic rings. The van der Waals surface area contributed by atoms with Crippen LogP contribution in [0.25, 0.3) is 6.08 Å². The average molecular weight is 608 g/mol. The van der Waals surface area contributed by atoms with Gasteiger partial charge in [0.1, 0.15) is 11.4 Å². The van der Waals surface area contributed by atoms with Gasteiger partial charge >= 0.3 is 0 Å². The van der Waals surface area contributed by atoms with Crippen LogP contribution in [-0.2, 0) is 9.59 Å². The fourth-order valence-electron chi connectivity index (χ4n) is 4.25. The van der Waals surface area contributed by atoms with Gasteiger partial charge in [-0.1, -0.05) is 62.4 Å². The van der Waals surface area contributed by atoms with Crippen LogP contribution in [0.2, 0.25) is 0 Å². The molecule has 1 unspecified atom stereocenters. The number of nitrogens with one attached hydrogen (secondary N) is 3. The van der Waals surface area contributed by atoms with Crippen molar-refractivity contribution < 1.29 is 19.1 Å². The number of anilines is 2. The highest BCUT2D eigenvalue weighted by Gasteiger charge is 2.18. The van der Waals surface area contributed by atoms with Crippen molar-refractivity contribution in [2.75, 3.05) is 17.2 Å².